The van der Waals surface area contributed by atoms with E-state index in [2.05, 4.69) is 10.3 Å². The second-order valence-electron chi connectivity index (χ2n) is 5.88. The first kappa shape index (κ1) is 15.8. The normalized spacial score (nSPS) is 10.6. The molecular formula is C19H19N3O2. The predicted molar refractivity (Wildman–Crippen MR) is 97.7 cm³/mol. The van der Waals surface area contributed by atoms with E-state index in [0.29, 0.717) is 11.3 Å². The van der Waals surface area contributed by atoms with Crippen LogP contribution < -0.4 is 15.8 Å². The van der Waals surface area contributed by atoms with Crippen molar-refractivity contribution >= 4 is 28.2 Å². The molecule has 0 radical (unpaired) electrons. The standard InChI is InChI=1S/C19H19N3O2/c1-22(2)16-9-7-15(8-10-16)20-18(23)12-14-11-13-5-3-4-6-17(13)21-19(14)24/h3-11H,12H2,1-2H3,(H,20,23)(H,21,24). The number of H-pyrrole nitrogens is 1. The van der Waals surface area contributed by atoms with Gasteiger partial charge in [-0.25, -0.2) is 0 Å². The molecule has 3 aromatic rings. The molecule has 0 bridgehead atoms. The van der Waals surface area contributed by atoms with Gasteiger partial charge in [0.25, 0.3) is 5.56 Å². The Morgan fingerprint density at radius 2 is 1.79 bits per heavy atom. The van der Waals surface area contributed by atoms with Gasteiger partial charge in [-0.1, -0.05) is 18.2 Å². The molecular weight excluding hydrogens is 302 g/mol. The molecule has 1 amide bonds. The minimum absolute atomic E-state index is 0.0373. The Morgan fingerprint density at radius 1 is 1.08 bits per heavy atom. The molecule has 1 heterocycles. The third-order valence-corrected chi connectivity index (χ3v) is 3.85. The second-order valence-corrected chi connectivity index (χ2v) is 5.88. The molecule has 0 saturated heterocycles. The van der Waals surface area contributed by atoms with Crippen LogP contribution in [0.4, 0.5) is 11.4 Å². The number of aromatic amines is 1. The van der Waals surface area contributed by atoms with Gasteiger partial charge in [-0.05, 0) is 41.8 Å². The molecule has 1 aromatic heterocycles. The number of pyridine rings is 1. The number of carbonyl (C=O) groups is 1. The Bertz CT molecular complexity index is 927. The fourth-order valence-corrected chi connectivity index (χ4v) is 2.54. The lowest BCUT2D eigenvalue weighted by molar-refractivity contribution is -0.115. The van der Waals surface area contributed by atoms with Gasteiger partial charge in [0, 0.05) is 36.6 Å². The van der Waals surface area contributed by atoms with E-state index in [9.17, 15) is 9.59 Å². The predicted octanol–water partition coefficient (Wildman–Crippen LogP) is 2.78. The summed E-state index contributed by atoms with van der Waals surface area (Å²) in [6.07, 6.45) is 0.0373. The molecule has 0 aliphatic rings. The summed E-state index contributed by atoms with van der Waals surface area (Å²) in [6, 6.07) is 16.8. The molecule has 5 nitrogen and oxygen atoms in total. The van der Waals surface area contributed by atoms with Gasteiger partial charge < -0.3 is 15.2 Å². The third-order valence-electron chi connectivity index (χ3n) is 3.85. The average Bonchev–Trinajstić information content (AvgIpc) is 2.56. The van der Waals surface area contributed by atoms with Crippen molar-refractivity contribution in [1.82, 2.24) is 4.98 Å². The van der Waals surface area contributed by atoms with Crippen molar-refractivity contribution in [2.24, 2.45) is 0 Å². The van der Waals surface area contributed by atoms with Crippen molar-refractivity contribution in [3.63, 3.8) is 0 Å². The van der Waals surface area contributed by atoms with Gasteiger partial charge in [0.1, 0.15) is 0 Å². The van der Waals surface area contributed by atoms with Crippen LogP contribution in [0.1, 0.15) is 5.56 Å². The first-order chi connectivity index (χ1) is 11.5. The van der Waals surface area contributed by atoms with E-state index < -0.39 is 0 Å². The summed E-state index contributed by atoms with van der Waals surface area (Å²) < 4.78 is 0. The minimum Gasteiger partial charge on any atom is -0.378 e. The van der Waals surface area contributed by atoms with E-state index in [1.807, 2.05) is 67.5 Å². The number of hydrogen-bond acceptors (Lipinski definition) is 3. The van der Waals surface area contributed by atoms with E-state index in [0.717, 1.165) is 16.6 Å². The maximum atomic E-state index is 12.2. The summed E-state index contributed by atoms with van der Waals surface area (Å²) >= 11 is 0. The monoisotopic (exact) mass is 321 g/mol. The van der Waals surface area contributed by atoms with Gasteiger partial charge in [-0.3, -0.25) is 9.59 Å². The Hall–Kier alpha value is -3.08. The SMILES string of the molecule is CN(C)c1ccc(NC(=O)Cc2cc3ccccc3[nH]c2=O)cc1. The summed E-state index contributed by atoms with van der Waals surface area (Å²) in [7, 11) is 3.92. The zero-order valence-electron chi connectivity index (χ0n) is 13.7. The lowest BCUT2D eigenvalue weighted by atomic mass is 10.1. The van der Waals surface area contributed by atoms with E-state index >= 15 is 0 Å². The summed E-state index contributed by atoms with van der Waals surface area (Å²) in [4.78, 5) is 29.1. The quantitative estimate of drug-likeness (QED) is 0.776. The fourth-order valence-electron chi connectivity index (χ4n) is 2.54. The number of anilines is 2. The van der Waals surface area contributed by atoms with Crippen LogP contribution in [-0.2, 0) is 11.2 Å². The highest BCUT2D eigenvalue weighted by Crippen LogP contribution is 2.16. The highest BCUT2D eigenvalue weighted by Gasteiger charge is 2.09. The van der Waals surface area contributed by atoms with Crippen molar-refractivity contribution < 1.29 is 4.79 Å². The van der Waals surface area contributed by atoms with E-state index in [-0.39, 0.29) is 17.9 Å². The molecule has 0 unspecified atom stereocenters. The number of hydrogen-bond donors (Lipinski definition) is 2. The van der Waals surface area contributed by atoms with Crippen molar-refractivity contribution in [2.45, 2.75) is 6.42 Å². The summed E-state index contributed by atoms with van der Waals surface area (Å²) in [5, 5.41) is 3.73. The molecule has 24 heavy (non-hydrogen) atoms. The molecule has 2 N–H and O–H groups in total. The molecule has 0 saturated carbocycles. The number of rotatable bonds is 4. The fraction of sp³-hybridized carbons (Fsp3) is 0.158. The first-order valence-corrected chi connectivity index (χ1v) is 7.71. The number of amides is 1. The highest BCUT2D eigenvalue weighted by molar-refractivity contribution is 5.93. The van der Waals surface area contributed by atoms with Gasteiger partial charge in [-0.15, -0.1) is 0 Å². The summed E-state index contributed by atoms with van der Waals surface area (Å²) in [5.41, 5.74) is 2.76. The Labute approximate surface area is 139 Å². The number of para-hydroxylation sites is 1. The molecule has 3 rings (SSSR count). The summed E-state index contributed by atoms with van der Waals surface area (Å²) in [6.45, 7) is 0. The highest BCUT2D eigenvalue weighted by atomic mass is 16.2. The van der Waals surface area contributed by atoms with Crippen LogP contribution in [0.2, 0.25) is 0 Å². The number of benzene rings is 2. The first-order valence-electron chi connectivity index (χ1n) is 7.71. The Morgan fingerprint density at radius 3 is 2.50 bits per heavy atom. The van der Waals surface area contributed by atoms with Gasteiger partial charge in [0.05, 0.1) is 6.42 Å². The van der Waals surface area contributed by atoms with Gasteiger partial charge in [-0.2, -0.15) is 0 Å². The van der Waals surface area contributed by atoms with Gasteiger partial charge in [0.15, 0.2) is 0 Å². The number of fused-ring (bicyclic) bond motifs is 1. The minimum atomic E-state index is -0.230. The van der Waals surface area contributed by atoms with Crippen LogP contribution in [0.5, 0.6) is 0 Å². The lowest BCUT2D eigenvalue weighted by Crippen LogP contribution is -2.21. The van der Waals surface area contributed by atoms with Crippen molar-refractivity contribution in [2.75, 3.05) is 24.3 Å². The third kappa shape index (κ3) is 3.46. The van der Waals surface area contributed by atoms with E-state index in [1.54, 1.807) is 6.07 Å². The van der Waals surface area contributed by atoms with Crippen molar-refractivity contribution in [3.05, 3.63) is 70.5 Å². The zero-order valence-corrected chi connectivity index (χ0v) is 13.7. The topological polar surface area (TPSA) is 65.2 Å². The number of carbonyl (C=O) groups excluding carboxylic acids is 1. The summed E-state index contributed by atoms with van der Waals surface area (Å²) in [5.74, 6) is -0.214. The van der Waals surface area contributed by atoms with Crippen LogP contribution in [0.3, 0.4) is 0 Å². The number of nitrogens with one attached hydrogen (secondary N) is 2. The van der Waals surface area contributed by atoms with Gasteiger partial charge >= 0.3 is 0 Å². The molecule has 0 spiro atoms. The van der Waals surface area contributed by atoms with Crippen LogP contribution in [0.15, 0.2) is 59.4 Å². The largest absolute Gasteiger partial charge is 0.378 e. The van der Waals surface area contributed by atoms with Crippen molar-refractivity contribution in [1.29, 1.82) is 0 Å². The van der Waals surface area contributed by atoms with E-state index in [4.69, 9.17) is 0 Å². The molecule has 122 valence electrons. The lowest BCUT2D eigenvalue weighted by Gasteiger charge is -2.13. The Balaban J connectivity index is 1.75. The Kier molecular flexibility index (Phi) is 4.33. The van der Waals surface area contributed by atoms with Crippen LogP contribution >= 0.6 is 0 Å². The molecule has 0 aliphatic carbocycles. The number of nitrogens with zero attached hydrogens (tertiary/aromatic N) is 1. The molecule has 0 atom stereocenters. The average molecular weight is 321 g/mol. The van der Waals surface area contributed by atoms with Gasteiger partial charge in [0.2, 0.25) is 5.91 Å². The molecule has 0 fully saturated rings. The smallest absolute Gasteiger partial charge is 0.252 e. The van der Waals surface area contributed by atoms with Crippen LogP contribution in [0, 0.1) is 0 Å². The zero-order chi connectivity index (χ0) is 17.1. The van der Waals surface area contributed by atoms with Crippen molar-refractivity contribution in [3.8, 4) is 0 Å². The molecule has 5 heteroatoms. The molecule has 2 aromatic carbocycles. The maximum absolute atomic E-state index is 12.2. The second kappa shape index (κ2) is 6.58. The van der Waals surface area contributed by atoms with Crippen LogP contribution in [-0.4, -0.2) is 25.0 Å². The van der Waals surface area contributed by atoms with Crippen LogP contribution in [0.25, 0.3) is 10.9 Å². The van der Waals surface area contributed by atoms with E-state index in [1.165, 1.54) is 0 Å². The number of aromatic nitrogens is 1. The maximum Gasteiger partial charge on any atom is 0.252 e. The molecule has 0 aliphatic heterocycles.